The van der Waals surface area contributed by atoms with E-state index in [0.717, 1.165) is 18.4 Å². The molecule has 0 bridgehead atoms. The molecule has 1 amide bonds. The van der Waals surface area contributed by atoms with Crippen LogP contribution in [-0.2, 0) is 11.2 Å². The summed E-state index contributed by atoms with van der Waals surface area (Å²) in [6.45, 7) is 5.88. The Labute approximate surface area is 116 Å². The lowest BCUT2D eigenvalue weighted by Gasteiger charge is -2.22. The van der Waals surface area contributed by atoms with Gasteiger partial charge in [-0.2, -0.15) is 0 Å². The predicted octanol–water partition coefficient (Wildman–Crippen LogP) is 2.53. The van der Waals surface area contributed by atoms with Crippen LogP contribution in [0.25, 0.3) is 0 Å². The zero-order valence-electron chi connectivity index (χ0n) is 12.1. The molecular weight excluding hydrogens is 238 g/mol. The summed E-state index contributed by atoms with van der Waals surface area (Å²) < 4.78 is 0. The third kappa shape index (κ3) is 5.03. The van der Waals surface area contributed by atoms with Gasteiger partial charge in [0.25, 0.3) is 0 Å². The summed E-state index contributed by atoms with van der Waals surface area (Å²) in [6, 6.07) is 9.60. The van der Waals surface area contributed by atoms with Gasteiger partial charge in [-0.1, -0.05) is 44.2 Å². The predicted molar refractivity (Wildman–Crippen MR) is 77.8 cm³/mol. The molecule has 3 heteroatoms. The fraction of sp³-hybridized carbons (Fsp3) is 0.562. The van der Waals surface area contributed by atoms with Crippen LogP contribution in [0.3, 0.4) is 0 Å². The van der Waals surface area contributed by atoms with Crippen molar-refractivity contribution in [3.63, 3.8) is 0 Å². The Morgan fingerprint density at radius 1 is 1.21 bits per heavy atom. The topological polar surface area (TPSA) is 49.3 Å². The van der Waals surface area contributed by atoms with E-state index in [1.165, 1.54) is 0 Å². The monoisotopic (exact) mass is 263 g/mol. The van der Waals surface area contributed by atoms with E-state index in [-0.39, 0.29) is 17.9 Å². The smallest absolute Gasteiger partial charge is 0.223 e. The second kappa shape index (κ2) is 7.95. The standard InChI is InChI=1S/C16H25NO2/c1-4-14(5-2)16(19)17-12(3)15(18)11-13-9-7-6-8-10-13/h6-10,12,14-15,18H,4-5,11H2,1-3H3,(H,17,19)/t12-,15-/m0/s1. The average Bonchev–Trinajstić information content (AvgIpc) is 2.41. The molecule has 0 fully saturated rings. The molecule has 0 spiro atoms. The summed E-state index contributed by atoms with van der Waals surface area (Å²) >= 11 is 0. The number of hydrogen-bond acceptors (Lipinski definition) is 2. The minimum atomic E-state index is -0.555. The molecule has 0 aliphatic carbocycles. The molecule has 19 heavy (non-hydrogen) atoms. The molecule has 1 rings (SSSR count). The van der Waals surface area contributed by atoms with Gasteiger partial charge in [0.05, 0.1) is 12.1 Å². The van der Waals surface area contributed by atoms with Gasteiger partial charge in [-0.15, -0.1) is 0 Å². The SMILES string of the molecule is CCC(CC)C(=O)N[C@@H](C)[C@@H](O)Cc1ccccc1. The number of carbonyl (C=O) groups excluding carboxylic acids is 1. The van der Waals surface area contributed by atoms with Crippen LogP contribution in [0, 0.1) is 5.92 Å². The lowest BCUT2D eigenvalue weighted by Crippen LogP contribution is -2.44. The highest BCUT2D eigenvalue weighted by Crippen LogP contribution is 2.10. The number of aliphatic hydroxyl groups excluding tert-OH is 1. The van der Waals surface area contributed by atoms with E-state index in [9.17, 15) is 9.90 Å². The largest absolute Gasteiger partial charge is 0.391 e. The van der Waals surface area contributed by atoms with E-state index < -0.39 is 6.10 Å². The first-order valence-electron chi connectivity index (χ1n) is 7.10. The summed E-state index contributed by atoms with van der Waals surface area (Å²) in [5.74, 6) is 0.0935. The molecule has 2 atom stereocenters. The quantitative estimate of drug-likeness (QED) is 0.794. The Hall–Kier alpha value is -1.35. The molecule has 0 heterocycles. The Morgan fingerprint density at radius 2 is 1.79 bits per heavy atom. The molecule has 0 aliphatic rings. The molecule has 0 saturated heterocycles. The van der Waals surface area contributed by atoms with E-state index in [1.54, 1.807) is 0 Å². The third-order valence-electron chi connectivity index (χ3n) is 3.59. The molecule has 0 aromatic heterocycles. The average molecular weight is 263 g/mol. The van der Waals surface area contributed by atoms with Crippen LogP contribution in [0.4, 0.5) is 0 Å². The summed E-state index contributed by atoms with van der Waals surface area (Å²) in [5, 5.41) is 13.0. The molecule has 0 saturated carbocycles. The van der Waals surface area contributed by atoms with Crippen molar-refractivity contribution in [2.75, 3.05) is 0 Å². The van der Waals surface area contributed by atoms with Crippen molar-refractivity contribution in [1.29, 1.82) is 0 Å². The van der Waals surface area contributed by atoms with Gasteiger partial charge in [0, 0.05) is 12.3 Å². The van der Waals surface area contributed by atoms with E-state index in [2.05, 4.69) is 5.32 Å². The molecule has 1 aromatic carbocycles. The zero-order valence-corrected chi connectivity index (χ0v) is 12.1. The van der Waals surface area contributed by atoms with Gasteiger partial charge < -0.3 is 10.4 Å². The molecule has 2 N–H and O–H groups in total. The highest BCUT2D eigenvalue weighted by atomic mass is 16.3. The van der Waals surface area contributed by atoms with Crippen LogP contribution in [0.15, 0.2) is 30.3 Å². The minimum absolute atomic E-state index is 0.0459. The van der Waals surface area contributed by atoms with Gasteiger partial charge in [0.2, 0.25) is 5.91 Å². The second-order valence-electron chi connectivity index (χ2n) is 5.07. The summed E-state index contributed by atoms with van der Waals surface area (Å²) in [7, 11) is 0. The molecule has 0 aliphatic heterocycles. The molecule has 0 unspecified atom stereocenters. The van der Waals surface area contributed by atoms with Gasteiger partial charge in [-0.3, -0.25) is 4.79 Å². The first-order valence-corrected chi connectivity index (χ1v) is 7.10. The number of amides is 1. The molecular formula is C16H25NO2. The van der Waals surface area contributed by atoms with E-state index in [0.29, 0.717) is 6.42 Å². The van der Waals surface area contributed by atoms with Gasteiger partial charge >= 0.3 is 0 Å². The highest BCUT2D eigenvalue weighted by Gasteiger charge is 2.20. The van der Waals surface area contributed by atoms with Gasteiger partial charge in [-0.05, 0) is 25.3 Å². The van der Waals surface area contributed by atoms with Crippen LogP contribution in [0.1, 0.15) is 39.2 Å². The van der Waals surface area contributed by atoms with Crippen molar-refractivity contribution in [3.05, 3.63) is 35.9 Å². The van der Waals surface area contributed by atoms with E-state index in [1.807, 2.05) is 51.1 Å². The van der Waals surface area contributed by atoms with Crippen molar-refractivity contribution < 1.29 is 9.90 Å². The van der Waals surface area contributed by atoms with Crippen molar-refractivity contribution in [1.82, 2.24) is 5.32 Å². The summed E-state index contributed by atoms with van der Waals surface area (Å²) in [4.78, 5) is 12.0. The van der Waals surface area contributed by atoms with Gasteiger partial charge in [0.1, 0.15) is 0 Å². The first kappa shape index (κ1) is 15.7. The lowest BCUT2D eigenvalue weighted by atomic mass is 10.00. The van der Waals surface area contributed by atoms with Crippen molar-refractivity contribution in [2.45, 2.75) is 52.2 Å². The molecule has 106 valence electrons. The summed E-state index contributed by atoms with van der Waals surface area (Å²) in [6.07, 6.45) is 1.68. The maximum atomic E-state index is 12.0. The maximum absolute atomic E-state index is 12.0. The van der Waals surface area contributed by atoms with Crippen LogP contribution in [0.2, 0.25) is 0 Å². The van der Waals surface area contributed by atoms with Gasteiger partial charge in [-0.25, -0.2) is 0 Å². The van der Waals surface area contributed by atoms with Crippen molar-refractivity contribution in [3.8, 4) is 0 Å². The molecule has 1 aromatic rings. The van der Waals surface area contributed by atoms with Crippen LogP contribution < -0.4 is 5.32 Å². The lowest BCUT2D eigenvalue weighted by molar-refractivity contribution is -0.126. The highest BCUT2D eigenvalue weighted by molar-refractivity contribution is 5.78. The van der Waals surface area contributed by atoms with Crippen LogP contribution >= 0.6 is 0 Å². The third-order valence-corrected chi connectivity index (χ3v) is 3.59. The first-order chi connectivity index (χ1) is 9.08. The number of nitrogens with one attached hydrogen (secondary N) is 1. The molecule has 0 radical (unpaired) electrons. The fourth-order valence-corrected chi connectivity index (χ4v) is 2.13. The number of hydrogen-bond donors (Lipinski definition) is 2. The summed E-state index contributed by atoms with van der Waals surface area (Å²) in [5.41, 5.74) is 1.08. The van der Waals surface area contributed by atoms with Crippen LogP contribution in [0.5, 0.6) is 0 Å². The number of rotatable bonds is 7. The van der Waals surface area contributed by atoms with Gasteiger partial charge in [0.15, 0.2) is 0 Å². The number of benzene rings is 1. The minimum Gasteiger partial charge on any atom is -0.391 e. The Kier molecular flexibility index (Phi) is 6.57. The second-order valence-corrected chi connectivity index (χ2v) is 5.07. The van der Waals surface area contributed by atoms with Crippen LogP contribution in [-0.4, -0.2) is 23.2 Å². The Bertz CT molecular complexity index is 374. The number of aliphatic hydroxyl groups is 1. The number of carbonyl (C=O) groups is 1. The van der Waals surface area contributed by atoms with Crippen molar-refractivity contribution in [2.24, 2.45) is 5.92 Å². The Balaban J connectivity index is 2.48. The zero-order chi connectivity index (χ0) is 14.3. The molecule has 3 nitrogen and oxygen atoms in total. The van der Waals surface area contributed by atoms with E-state index in [4.69, 9.17) is 0 Å². The van der Waals surface area contributed by atoms with Crippen molar-refractivity contribution >= 4 is 5.91 Å². The van der Waals surface area contributed by atoms with E-state index >= 15 is 0 Å². The Morgan fingerprint density at radius 3 is 2.32 bits per heavy atom. The fourth-order valence-electron chi connectivity index (χ4n) is 2.13. The normalized spacial score (nSPS) is 14.2. The maximum Gasteiger partial charge on any atom is 0.223 e.